The molecule has 2 aromatic rings. The van der Waals surface area contributed by atoms with Crippen molar-refractivity contribution in [1.82, 2.24) is 19.8 Å². The lowest BCUT2D eigenvalue weighted by atomic mass is 9.94. The number of aromatic nitrogens is 3. The van der Waals surface area contributed by atoms with Crippen molar-refractivity contribution in [3.63, 3.8) is 0 Å². The van der Waals surface area contributed by atoms with Gasteiger partial charge in [-0.25, -0.2) is 9.89 Å². The fourth-order valence-electron chi connectivity index (χ4n) is 5.15. The molecule has 4 heterocycles. The van der Waals surface area contributed by atoms with Crippen molar-refractivity contribution >= 4 is 29.4 Å². The van der Waals surface area contributed by atoms with E-state index in [1.165, 1.54) is 15.2 Å². The molecule has 0 radical (unpaired) electrons. The van der Waals surface area contributed by atoms with E-state index >= 15 is 0 Å². The smallest absolute Gasteiger partial charge is 0.378 e. The molecule has 2 unspecified atom stereocenters. The highest BCUT2D eigenvalue weighted by Gasteiger charge is 2.38. The summed E-state index contributed by atoms with van der Waals surface area (Å²) in [6, 6.07) is 0.147. The van der Waals surface area contributed by atoms with Crippen molar-refractivity contribution in [3.05, 3.63) is 27.6 Å². The minimum Gasteiger partial charge on any atom is -0.477 e. The standard InChI is InChI=1S/C24H32N6O5/c1-13(2)10-28-22-17(8-9-18(31)29-15-4-3-5-16(29)12-35-11-15)20(25)27-30(22)24(34)19(23(28)33)21(32)26-14-6-7-14/h8-9,13-16H,3-7,10-12H2,1-2H3,(H4,25,26,27,32,33,34)/p+1/b9-8+. The number of piperidine rings is 1. The Labute approximate surface area is 202 Å². The van der Waals surface area contributed by atoms with Crippen LogP contribution >= 0.6 is 0 Å². The molecule has 5 rings (SSSR count). The van der Waals surface area contributed by atoms with Gasteiger partial charge in [0.05, 0.1) is 31.8 Å². The third kappa shape index (κ3) is 4.29. The van der Waals surface area contributed by atoms with E-state index in [9.17, 15) is 19.5 Å². The highest BCUT2D eigenvalue weighted by molar-refractivity contribution is 5.97. The lowest BCUT2D eigenvalue weighted by Gasteiger charge is -2.45. The number of nitrogen functional groups attached to an aromatic ring is 1. The van der Waals surface area contributed by atoms with Crippen molar-refractivity contribution in [2.45, 2.75) is 70.6 Å². The van der Waals surface area contributed by atoms with Crippen LogP contribution in [0.4, 0.5) is 5.82 Å². The van der Waals surface area contributed by atoms with Gasteiger partial charge in [0.15, 0.2) is 5.82 Å². The molecule has 2 aromatic heterocycles. The van der Waals surface area contributed by atoms with Crippen LogP contribution in [0.3, 0.4) is 0 Å². The van der Waals surface area contributed by atoms with Crippen molar-refractivity contribution in [3.8, 4) is 5.88 Å². The average Bonchev–Trinajstić information content (AvgIpc) is 3.55. The summed E-state index contributed by atoms with van der Waals surface area (Å²) < 4.78 is 8.32. The maximum Gasteiger partial charge on any atom is 0.378 e. The number of aromatic hydroxyl groups is 1. The Morgan fingerprint density at radius 1 is 1.26 bits per heavy atom. The van der Waals surface area contributed by atoms with E-state index in [0.29, 0.717) is 31.0 Å². The summed E-state index contributed by atoms with van der Waals surface area (Å²) in [7, 11) is 0. The number of aromatic amines is 1. The van der Waals surface area contributed by atoms with E-state index in [4.69, 9.17) is 10.5 Å². The molecule has 2 aliphatic heterocycles. The topological polar surface area (TPSA) is 146 Å². The molecular weight excluding hydrogens is 452 g/mol. The molecule has 1 saturated carbocycles. The second-order valence-corrected chi connectivity index (χ2v) is 10.2. The van der Waals surface area contributed by atoms with Crippen LogP contribution in [0.5, 0.6) is 5.88 Å². The third-order valence-corrected chi connectivity index (χ3v) is 6.94. The lowest BCUT2D eigenvalue weighted by molar-refractivity contribution is -0.686. The summed E-state index contributed by atoms with van der Waals surface area (Å²) in [5.41, 5.74) is 5.91. The van der Waals surface area contributed by atoms with Crippen LogP contribution in [0.15, 0.2) is 10.9 Å². The van der Waals surface area contributed by atoms with Gasteiger partial charge in [-0.2, -0.15) is 4.57 Å². The molecule has 2 saturated heterocycles. The first-order chi connectivity index (χ1) is 16.8. The van der Waals surface area contributed by atoms with Gasteiger partial charge in [-0.15, -0.1) is 0 Å². The zero-order chi connectivity index (χ0) is 24.9. The van der Waals surface area contributed by atoms with Crippen molar-refractivity contribution in [1.29, 1.82) is 0 Å². The van der Waals surface area contributed by atoms with Gasteiger partial charge in [-0.3, -0.25) is 9.59 Å². The fraction of sp³-hybridized carbons (Fsp3) is 0.583. The van der Waals surface area contributed by atoms with Gasteiger partial charge in [0.2, 0.25) is 11.5 Å². The normalized spacial score (nSPS) is 22.3. The first-order valence-corrected chi connectivity index (χ1v) is 12.3. The second kappa shape index (κ2) is 9.03. The van der Waals surface area contributed by atoms with Gasteiger partial charge in [0.25, 0.3) is 5.91 Å². The minimum absolute atomic E-state index is 0.0263. The van der Waals surface area contributed by atoms with Crippen LogP contribution in [0, 0.1) is 5.92 Å². The van der Waals surface area contributed by atoms with E-state index < -0.39 is 17.3 Å². The number of nitrogens with zero attached hydrogens (tertiary/aromatic N) is 3. The molecule has 2 atom stereocenters. The molecule has 2 amide bonds. The monoisotopic (exact) mass is 485 g/mol. The molecule has 11 nitrogen and oxygen atoms in total. The quantitative estimate of drug-likeness (QED) is 0.347. The molecule has 3 fully saturated rings. The number of nitrogens with one attached hydrogen (secondary N) is 2. The first kappa shape index (κ1) is 23.4. The summed E-state index contributed by atoms with van der Waals surface area (Å²) in [5.74, 6) is -0.909. The number of hydrogen-bond donors (Lipinski definition) is 4. The maximum absolute atomic E-state index is 13.2. The van der Waals surface area contributed by atoms with Gasteiger partial charge in [0.1, 0.15) is 5.56 Å². The Hall–Kier alpha value is -3.34. The van der Waals surface area contributed by atoms with Gasteiger partial charge in [0, 0.05) is 12.1 Å². The van der Waals surface area contributed by atoms with E-state index in [1.807, 2.05) is 18.7 Å². The number of morpholine rings is 1. The molecule has 3 aliphatic rings. The molecule has 1 aliphatic carbocycles. The molecular formula is C24H33N6O5+. The van der Waals surface area contributed by atoms with Crippen molar-refractivity contribution in [2.24, 2.45) is 5.92 Å². The number of fused-ring (bicyclic) bond motifs is 3. The molecule has 188 valence electrons. The largest absolute Gasteiger partial charge is 0.477 e. The maximum atomic E-state index is 13.2. The predicted molar refractivity (Wildman–Crippen MR) is 128 cm³/mol. The van der Waals surface area contributed by atoms with Crippen LogP contribution in [0.2, 0.25) is 0 Å². The number of anilines is 1. The fourth-order valence-corrected chi connectivity index (χ4v) is 5.15. The molecule has 2 bridgehead atoms. The van der Waals surface area contributed by atoms with Gasteiger partial charge in [-0.1, -0.05) is 18.4 Å². The number of carbonyl (C=O) groups excluding carboxylic acids is 2. The summed E-state index contributed by atoms with van der Waals surface area (Å²) in [4.78, 5) is 41.1. The zero-order valence-electron chi connectivity index (χ0n) is 20.1. The number of nitrogens with two attached hydrogens (primary N) is 1. The number of ether oxygens (including phenoxy) is 1. The Kier molecular flexibility index (Phi) is 6.04. The van der Waals surface area contributed by atoms with Gasteiger partial charge >= 0.3 is 17.1 Å². The number of carbonyl (C=O) groups is 2. The average molecular weight is 486 g/mol. The van der Waals surface area contributed by atoms with Crippen LogP contribution in [-0.4, -0.2) is 62.8 Å². The lowest BCUT2D eigenvalue weighted by Crippen LogP contribution is -2.56. The van der Waals surface area contributed by atoms with Crippen molar-refractivity contribution < 1.29 is 24.0 Å². The second-order valence-electron chi connectivity index (χ2n) is 10.2. The number of rotatable bonds is 6. The van der Waals surface area contributed by atoms with Crippen molar-refractivity contribution in [2.75, 3.05) is 18.9 Å². The highest BCUT2D eigenvalue weighted by Crippen LogP contribution is 2.28. The Morgan fingerprint density at radius 2 is 1.94 bits per heavy atom. The SMILES string of the molecule is CC(C)C[n+]1c(O)c(C(=O)NC2CC2)c(=O)n2[nH]c(N)c(/C=C/C(=O)N3C4CCCC3COC4)c21. The van der Waals surface area contributed by atoms with Crippen LogP contribution in [-0.2, 0) is 16.1 Å². The Morgan fingerprint density at radius 3 is 2.57 bits per heavy atom. The summed E-state index contributed by atoms with van der Waals surface area (Å²) >= 11 is 0. The minimum atomic E-state index is -0.698. The summed E-state index contributed by atoms with van der Waals surface area (Å²) in [5, 5.41) is 16.7. The summed E-state index contributed by atoms with van der Waals surface area (Å²) in [6.07, 6.45) is 7.65. The van der Waals surface area contributed by atoms with E-state index in [0.717, 1.165) is 32.1 Å². The van der Waals surface area contributed by atoms with Crippen LogP contribution < -0.4 is 21.2 Å². The number of H-pyrrole nitrogens is 1. The van der Waals surface area contributed by atoms with Crippen LogP contribution in [0.1, 0.15) is 61.9 Å². The zero-order valence-corrected chi connectivity index (χ0v) is 20.1. The Bertz CT molecular complexity index is 1240. The third-order valence-electron chi connectivity index (χ3n) is 6.94. The molecule has 35 heavy (non-hydrogen) atoms. The number of amides is 2. The predicted octanol–water partition coefficient (Wildman–Crippen LogP) is 0.544. The van der Waals surface area contributed by atoms with E-state index in [1.54, 1.807) is 6.08 Å². The van der Waals surface area contributed by atoms with E-state index in [-0.39, 0.29) is 41.3 Å². The van der Waals surface area contributed by atoms with Gasteiger partial charge < -0.3 is 25.8 Å². The summed E-state index contributed by atoms with van der Waals surface area (Å²) in [6.45, 7) is 5.33. The van der Waals surface area contributed by atoms with Gasteiger partial charge in [-0.05, 0) is 44.1 Å². The Balaban J connectivity index is 1.57. The molecule has 0 aromatic carbocycles. The number of hydrogen-bond acceptors (Lipinski definition) is 6. The molecule has 5 N–H and O–H groups in total. The van der Waals surface area contributed by atoms with Crippen LogP contribution in [0.25, 0.3) is 11.7 Å². The first-order valence-electron chi connectivity index (χ1n) is 12.3. The van der Waals surface area contributed by atoms with E-state index in [2.05, 4.69) is 10.4 Å². The highest BCUT2D eigenvalue weighted by atomic mass is 16.5. The molecule has 0 spiro atoms. The molecule has 11 heteroatoms.